The number of aromatic amines is 1. The maximum atomic E-state index is 11.9. The maximum Gasteiger partial charge on any atom is 0.268 e. The molecule has 5 nitrogen and oxygen atoms in total. The Kier molecular flexibility index (Phi) is 3.08. The number of aromatic nitrogens is 2. The van der Waals surface area contributed by atoms with Crippen LogP contribution in [0.1, 0.15) is 0 Å². The summed E-state index contributed by atoms with van der Waals surface area (Å²) in [7, 11) is 0. The van der Waals surface area contributed by atoms with Crippen LogP contribution in [0.5, 0.6) is 0 Å². The van der Waals surface area contributed by atoms with Crippen molar-refractivity contribution in [2.45, 2.75) is 9.79 Å². The van der Waals surface area contributed by atoms with Crippen molar-refractivity contribution in [2.75, 3.05) is 11.5 Å². The molecule has 0 fully saturated rings. The van der Waals surface area contributed by atoms with Crippen LogP contribution in [0.3, 0.4) is 0 Å². The second-order valence-electron chi connectivity index (χ2n) is 4.24. The van der Waals surface area contributed by atoms with Gasteiger partial charge in [-0.05, 0) is 16.8 Å². The molecule has 0 aliphatic rings. The van der Waals surface area contributed by atoms with Crippen molar-refractivity contribution >= 4 is 34.3 Å². The molecule has 0 bridgehead atoms. The van der Waals surface area contributed by atoms with E-state index in [-0.39, 0.29) is 17.3 Å². The molecule has 0 aliphatic heterocycles. The molecule has 1 aromatic heterocycles. The third-order valence-corrected chi connectivity index (χ3v) is 4.06. The number of rotatable bonds is 2. The van der Waals surface area contributed by atoms with E-state index in [1.807, 2.05) is 42.5 Å². The first-order valence-electron chi connectivity index (χ1n) is 5.96. The van der Waals surface area contributed by atoms with E-state index in [1.54, 1.807) is 0 Å². The van der Waals surface area contributed by atoms with Crippen LogP contribution in [0.2, 0.25) is 0 Å². The van der Waals surface area contributed by atoms with Gasteiger partial charge in [0.1, 0.15) is 10.7 Å². The monoisotopic (exact) mass is 284 g/mol. The Morgan fingerprint density at radius 1 is 1.05 bits per heavy atom. The lowest BCUT2D eigenvalue weighted by Gasteiger charge is -2.07. The highest BCUT2D eigenvalue weighted by atomic mass is 32.2. The van der Waals surface area contributed by atoms with Gasteiger partial charge in [0.05, 0.1) is 0 Å². The van der Waals surface area contributed by atoms with Gasteiger partial charge in [0.15, 0.2) is 0 Å². The highest BCUT2D eigenvalue weighted by molar-refractivity contribution is 7.99. The summed E-state index contributed by atoms with van der Waals surface area (Å²) in [5, 5.41) is 2.17. The van der Waals surface area contributed by atoms with E-state index in [1.165, 1.54) is 11.8 Å². The van der Waals surface area contributed by atoms with Crippen molar-refractivity contribution < 1.29 is 0 Å². The predicted octanol–water partition coefficient (Wildman–Crippen LogP) is 2.24. The van der Waals surface area contributed by atoms with E-state index >= 15 is 0 Å². The Morgan fingerprint density at radius 3 is 2.60 bits per heavy atom. The van der Waals surface area contributed by atoms with Crippen molar-refractivity contribution in [3.63, 3.8) is 0 Å². The summed E-state index contributed by atoms with van der Waals surface area (Å²) >= 11 is 1.29. The molecule has 20 heavy (non-hydrogen) atoms. The van der Waals surface area contributed by atoms with Gasteiger partial charge in [0.2, 0.25) is 5.95 Å². The van der Waals surface area contributed by atoms with Crippen LogP contribution in [0.25, 0.3) is 10.8 Å². The first-order chi connectivity index (χ1) is 9.65. The molecule has 0 unspecified atom stereocenters. The average Bonchev–Trinajstić information content (AvgIpc) is 2.43. The third kappa shape index (κ3) is 2.21. The zero-order valence-corrected chi connectivity index (χ0v) is 11.3. The summed E-state index contributed by atoms with van der Waals surface area (Å²) in [5.74, 6) is 0.166. The van der Waals surface area contributed by atoms with Crippen molar-refractivity contribution in [1.82, 2.24) is 9.97 Å². The molecule has 3 aromatic rings. The van der Waals surface area contributed by atoms with E-state index in [0.717, 1.165) is 15.7 Å². The molecular formula is C14H12N4OS. The van der Waals surface area contributed by atoms with E-state index in [4.69, 9.17) is 11.5 Å². The molecule has 0 atom stereocenters. The normalized spacial score (nSPS) is 10.8. The number of hydrogen-bond donors (Lipinski definition) is 3. The minimum absolute atomic E-state index is 0.0229. The van der Waals surface area contributed by atoms with Crippen LogP contribution >= 0.6 is 11.8 Å². The second-order valence-corrected chi connectivity index (χ2v) is 5.30. The first-order valence-corrected chi connectivity index (χ1v) is 6.77. The number of nitrogens with two attached hydrogens (primary N) is 2. The predicted molar refractivity (Wildman–Crippen MR) is 81.8 cm³/mol. The van der Waals surface area contributed by atoms with Crippen molar-refractivity contribution in [3.05, 3.63) is 52.8 Å². The zero-order chi connectivity index (χ0) is 14.1. The van der Waals surface area contributed by atoms with Gasteiger partial charge in [-0.25, -0.2) is 0 Å². The van der Waals surface area contributed by atoms with Gasteiger partial charge < -0.3 is 11.5 Å². The van der Waals surface area contributed by atoms with Crippen LogP contribution in [0.4, 0.5) is 11.8 Å². The third-order valence-electron chi connectivity index (χ3n) is 2.88. The number of H-pyrrole nitrogens is 1. The summed E-state index contributed by atoms with van der Waals surface area (Å²) < 4.78 is 0. The van der Waals surface area contributed by atoms with Gasteiger partial charge >= 0.3 is 0 Å². The van der Waals surface area contributed by atoms with Crippen molar-refractivity contribution in [2.24, 2.45) is 0 Å². The van der Waals surface area contributed by atoms with Crippen molar-refractivity contribution in [3.8, 4) is 0 Å². The summed E-state index contributed by atoms with van der Waals surface area (Å²) in [4.78, 5) is 19.6. The van der Waals surface area contributed by atoms with Crippen LogP contribution in [0, 0.1) is 0 Å². The fourth-order valence-electron chi connectivity index (χ4n) is 1.99. The standard InChI is InChI=1S/C14H12N4OS/c15-12-11(13(19)18-14(16)17-12)20-10-7-3-5-8-4-1-2-6-9(8)10/h1-7H,(H5,15,16,17,18,19). The van der Waals surface area contributed by atoms with Crippen LogP contribution in [-0.4, -0.2) is 9.97 Å². The topological polar surface area (TPSA) is 97.8 Å². The summed E-state index contributed by atoms with van der Waals surface area (Å²) in [6.45, 7) is 0. The molecule has 0 aliphatic carbocycles. The molecule has 3 rings (SSSR count). The summed E-state index contributed by atoms with van der Waals surface area (Å²) in [6.07, 6.45) is 0. The largest absolute Gasteiger partial charge is 0.382 e. The van der Waals surface area contributed by atoms with Gasteiger partial charge in [0.25, 0.3) is 5.56 Å². The summed E-state index contributed by atoms with van der Waals surface area (Å²) in [6, 6.07) is 13.9. The minimum atomic E-state index is -0.326. The van der Waals surface area contributed by atoms with Gasteiger partial charge in [-0.1, -0.05) is 48.2 Å². The highest BCUT2D eigenvalue weighted by Gasteiger charge is 2.11. The smallest absolute Gasteiger partial charge is 0.268 e. The molecule has 6 heteroatoms. The first kappa shape index (κ1) is 12.6. The fraction of sp³-hybridized carbons (Fsp3) is 0. The van der Waals surface area contributed by atoms with E-state index in [0.29, 0.717) is 4.90 Å². The van der Waals surface area contributed by atoms with Crippen LogP contribution in [0.15, 0.2) is 57.1 Å². The van der Waals surface area contributed by atoms with Gasteiger partial charge in [-0.15, -0.1) is 0 Å². The lowest BCUT2D eigenvalue weighted by Crippen LogP contribution is -2.15. The minimum Gasteiger partial charge on any atom is -0.382 e. The fourth-order valence-corrected chi connectivity index (χ4v) is 2.95. The average molecular weight is 284 g/mol. The second kappa shape index (κ2) is 4.90. The molecule has 0 saturated carbocycles. The number of hydrogen-bond acceptors (Lipinski definition) is 5. The van der Waals surface area contributed by atoms with Crippen LogP contribution < -0.4 is 17.0 Å². The zero-order valence-electron chi connectivity index (χ0n) is 10.5. The molecule has 0 saturated heterocycles. The number of benzene rings is 2. The lowest BCUT2D eigenvalue weighted by molar-refractivity contribution is 1.07. The van der Waals surface area contributed by atoms with Gasteiger partial charge in [0, 0.05) is 4.90 Å². The number of fused-ring (bicyclic) bond motifs is 1. The quantitative estimate of drug-likeness (QED) is 0.670. The number of nitrogens with one attached hydrogen (secondary N) is 1. The molecular weight excluding hydrogens is 272 g/mol. The molecule has 0 spiro atoms. The van der Waals surface area contributed by atoms with E-state index < -0.39 is 0 Å². The molecule has 2 aromatic carbocycles. The molecule has 0 radical (unpaired) electrons. The van der Waals surface area contributed by atoms with Gasteiger partial charge in [-0.2, -0.15) is 4.98 Å². The number of nitrogens with zero attached hydrogens (tertiary/aromatic N) is 1. The van der Waals surface area contributed by atoms with Crippen LogP contribution in [-0.2, 0) is 0 Å². The van der Waals surface area contributed by atoms with E-state index in [2.05, 4.69) is 9.97 Å². The molecule has 0 amide bonds. The Bertz CT molecular complexity index is 839. The Balaban J connectivity index is 2.13. The Labute approximate surface area is 119 Å². The number of anilines is 2. The van der Waals surface area contributed by atoms with Crippen molar-refractivity contribution in [1.29, 1.82) is 0 Å². The molecule has 5 N–H and O–H groups in total. The van der Waals surface area contributed by atoms with Gasteiger partial charge in [-0.3, -0.25) is 9.78 Å². The molecule has 100 valence electrons. The summed E-state index contributed by atoms with van der Waals surface area (Å²) in [5.41, 5.74) is 10.9. The maximum absolute atomic E-state index is 11.9. The Hall–Kier alpha value is -2.47. The highest BCUT2D eigenvalue weighted by Crippen LogP contribution is 2.33. The Morgan fingerprint density at radius 2 is 1.80 bits per heavy atom. The number of nitrogen functional groups attached to an aromatic ring is 2. The van der Waals surface area contributed by atoms with E-state index in [9.17, 15) is 4.79 Å². The molecule has 1 heterocycles. The lowest BCUT2D eigenvalue weighted by atomic mass is 10.1. The SMILES string of the molecule is Nc1nc(N)c(Sc2cccc3ccccc23)c(=O)[nH]1.